The highest BCUT2D eigenvalue weighted by molar-refractivity contribution is 4.84. The van der Waals surface area contributed by atoms with Crippen LogP contribution in [0.4, 0.5) is 0 Å². The summed E-state index contributed by atoms with van der Waals surface area (Å²) < 4.78 is 0. The Balaban J connectivity index is 4.24. The van der Waals surface area contributed by atoms with E-state index in [9.17, 15) is 0 Å². The minimum absolute atomic E-state index is 0.455. The van der Waals surface area contributed by atoms with Gasteiger partial charge in [-0.3, -0.25) is 0 Å². The predicted molar refractivity (Wildman–Crippen MR) is 57.4 cm³/mol. The second-order valence-corrected chi connectivity index (χ2v) is 5.27. The fraction of sp³-hybridized carbons (Fsp3) is 1.00. The molecule has 0 aliphatic carbocycles. The summed E-state index contributed by atoms with van der Waals surface area (Å²) in [5.41, 5.74) is 0.986. The van der Waals surface area contributed by atoms with Crippen LogP contribution in [-0.4, -0.2) is 0 Å². The van der Waals surface area contributed by atoms with Crippen molar-refractivity contribution >= 4 is 0 Å². The van der Waals surface area contributed by atoms with Crippen LogP contribution in [0.5, 0.6) is 0 Å². The van der Waals surface area contributed by atoms with Crippen LogP contribution in [0.15, 0.2) is 0 Å². The normalized spacial score (nSPS) is 17.5. The molecule has 12 heavy (non-hydrogen) atoms. The molecular weight excluding hydrogens is 144 g/mol. The SMILES string of the molecule is CCCCC(C)(CC)C(C)(C)C. The first-order valence-electron chi connectivity index (χ1n) is 5.37. The average Bonchev–Trinajstić information content (AvgIpc) is 1.98. The van der Waals surface area contributed by atoms with E-state index in [2.05, 4.69) is 41.5 Å². The molecule has 0 heteroatoms. The molecule has 74 valence electrons. The van der Waals surface area contributed by atoms with E-state index in [1.165, 1.54) is 25.7 Å². The molecule has 0 spiro atoms. The monoisotopic (exact) mass is 170 g/mol. The summed E-state index contributed by atoms with van der Waals surface area (Å²) in [5.74, 6) is 0. The van der Waals surface area contributed by atoms with Crippen molar-refractivity contribution in [3.63, 3.8) is 0 Å². The maximum Gasteiger partial charge on any atom is -0.0280 e. The molecule has 0 fully saturated rings. The Kier molecular flexibility index (Phi) is 4.30. The molecule has 0 saturated heterocycles. The molecule has 0 aliphatic rings. The van der Waals surface area contributed by atoms with Crippen molar-refractivity contribution in [2.75, 3.05) is 0 Å². The zero-order valence-electron chi connectivity index (χ0n) is 9.83. The summed E-state index contributed by atoms with van der Waals surface area (Å²) in [5, 5.41) is 0. The van der Waals surface area contributed by atoms with Crippen molar-refractivity contribution in [1.29, 1.82) is 0 Å². The molecule has 0 aromatic rings. The van der Waals surface area contributed by atoms with E-state index < -0.39 is 0 Å². The van der Waals surface area contributed by atoms with Crippen molar-refractivity contribution in [2.24, 2.45) is 10.8 Å². The van der Waals surface area contributed by atoms with Crippen molar-refractivity contribution in [2.45, 2.75) is 67.2 Å². The van der Waals surface area contributed by atoms with Crippen LogP contribution in [0, 0.1) is 10.8 Å². The lowest BCUT2D eigenvalue weighted by Gasteiger charge is -2.41. The number of rotatable bonds is 4. The fourth-order valence-corrected chi connectivity index (χ4v) is 1.65. The van der Waals surface area contributed by atoms with Crippen molar-refractivity contribution in [3.05, 3.63) is 0 Å². The second-order valence-electron chi connectivity index (χ2n) is 5.27. The molecule has 0 bridgehead atoms. The van der Waals surface area contributed by atoms with E-state index in [0.717, 1.165) is 0 Å². The highest BCUT2D eigenvalue weighted by Crippen LogP contribution is 2.44. The zero-order chi connectivity index (χ0) is 9.83. The van der Waals surface area contributed by atoms with Gasteiger partial charge in [0.2, 0.25) is 0 Å². The fourth-order valence-electron chi connectivity index (χ4n) is 1.65. The number of unbranched alkanes of at least 4 members (excludes halogenated alkanes) is 1. The van der Waals surface area contributed by atoms with E-state index >= 15 is 0 Å². The van der Waals surface area contributed by atoms with Gasteiger partial charge in [-0.2, -0.15) is 0 Å². The quantitative estimate of drug-likeness (QED) is 0.576. The van der Waals surface area contributed by atoms with E-state index in [1.54, 1.807) is 0 Å². The molecule has 0 nitrogen and oxygen atoms in total. The largest absolute Gasteiger partial charge is 0.0654 e. The van der Waals surface area contributed by atoms with Crippen LogP contribution >= 0.6 is 0 Å². The molecule has 0 aliphatic heterocycles. The minimum Gasteiger partial charge on any atom is -0.0654 e. The molecule has 0 saturated carbocycles. The summed E-state index contributed by atoms with van der Waals surface area (Å²) in [6, 6.07) is 0. The molecule has 1 unspecified atom stereocenters. The van der Waals surface area contributed by atoms with Crippen LogP contribution in [0.3, 0.4) is 0 Å². The molecule has 0 N–H and O–H groups in total. The third-order valence-electron chi connectivity index (χ3n) is 3.67. The Bertz CT molecular complexity index is 118. The molecule has 0 rings (SSSR count). The Labute approximate surface area is 78.8 Å². The van der Waals surface area contributed by atoms with Crippen molar-refractivity contribution in [3.8, 4) is 0 Å². The third kappa shape index (κ3) is 2.80. The average molecular weight is 170 g/mol. The molecule has 0 aromatic carbocycles. The Morgan fingerprint density at radius 3 is 1.67 bits per heavy atom. The first kappa shape index (κ1) is 12.0. The molecule has 0 radical (unpaired) electrons. The smallest absolute Gasteiger partial charge is 0.0280 e. The highest BCUT2D eigenvalue weighted by atomic mass is 14.4. The van der Waals surface area contributed by atoms with Crippen molar-refractivity contribution < 1.29 is 0 Å². The van der Waals surface area contributed by atoms with Crippen LogP contribution in [0.2, 0.25) is 0 Å². The summed E-state index contributed by atoms with van der Waals surface area (Å²) in [6.45, 7) is 14.1. The van der Waals surface area contributed by atoms with Gasteiger partial charge in [0.15, 0.2) is 0 Å². The molecule has 0 amide bonds. The maximum absolute atomic E-state index is 2.43. The molecule has 1 atom stereocenters. The summed E-state index contributed by atoms with van der Waals surface area (Å²) in [4.78, 5) is 0. The number of hydrogen-bond acceptors (Lipinski definition) is 0. The Hall–Kier alpha value is 0. The number of hydrogen-bond donors (Lipinski definition) is 0. The lowest BCUT2D eigenvalue weighted by atomic mass is 9.64. The van der Waals surface area contributed by atoms with Gasteiger partial charge in [0.1, 0.15) is 0 Å². The van der Waals surface area contributed by atoms with E-state index in [1.807, 2.05) is 0 Å². The van der Waals surface area contributed by atoms with Gasteiger partial charge in [0.05, 0.1) is 0 Å². The maximum atomic E-state index is 2.43. The summed E-state index contributed by atoms with van der Waals surface area (Å²) >= 11 is 0. The highest BCUT2D eigenvalue weighted by Gasteiger charge is 2.34. The summed E-state index contributed by atoms with van der Waals surface area (Å²) in [6.07, 6.45) is 5.38. The van der Waals surface area contributed by atoms with Gasteiger partial charge in [-0.25, -0.2) is 0 Å². The zero-order valence-corrected chi connectivity index (χ0v) is 9.83. The Morgan fingerprint density at radius 1 is 0.917 bits per heavy atom. The predicted octanol–water partition coefficient (Wildman–Crippen LogP) is 4.64. The van der Waals surface area contributed by atoms with Gasteiger partial charge >= 0.3 is 0 Å². The topological polar surface area (TPSA) is 0 Å². The molecule has 0 heterocycles. The van der Waals surface area contributed by atoms with Gasteiger partial charge in [-0.1, -0.05) is 60.8 Å². The third-order valence-corrected chi connectivity index (χ3v) is 3.67. The first-order valence-corrected chi connectivity index (χ1v) is 5.37. The second kappa shape index (κ2) is 4.30. The van der Waals surface area contributed by atoms with Gasteiger partial charge in [0.25, 0.3) is 0 Å². The van der Waals surface area contributed by atoms with Gasteiger partial charge < -0.3 is 0 Å². The molecule has 0 aromatic heterocycles. The van der Waals surface area contributed by atoms with E-state index in [-0.39, 0.29) is 0 Å². The summed E-state index contributed by atoms with van der Waals surface area (Å²) in [7, 11) is 0. The van der Waals surface area contributed by atoms with E-state index in [4.69, 9.17) is 0 Å². The van der Waals surface area contributed by atoms with Gasteiger partial charge in [-0.05, 0) is 17.3 Å². The van der Waals surface area contributed by atoms with Crippen LogP contribution in [-0.2, 0) is 0 Å². The lowest BCUT2D eigenvalue weighted by molar-refractivity contribution is 0.0881. The Morgan fingerprint density at radius 2 is 1.42 bits per heavy atom. The van der Waals surface area contributed by atoms with Crippen LogP contribution in [0.1, 0.15) is 67.2 Å². The van der Waals surface area contributed by atoms with Gasteiger partial charge in [0, 0.05) is 0 Å². The van der Waals surface area contributed by atoms with E-state index in [0.29, 0.717) is 10.8 Å². The standard InChI is InChI=1S/C12H26/c1-7-9-10-12(6,8-2)11(3,4)5/h7-10H2,1-6H3. The minimum atomic E-state index is 0.455. The van der Waals surface area contributed by atoms with Crippen molar-refractivity contribution in [1.82, 2.24) is 0 Å². The molecular formula is C12H26. The van der Waals surface area contributed by atoms with Crippen LogP contribution in [0.25, 0.3) is 0 Å². The van der Waals surface area contributed by atoms with Gasteiger partial charge in [-0.15, -0.1) is 0 Å². The lowest BCUT2D eigenvalue weighted by Crippen LogP contribution is -2.32. The van der Waals surface area contributed by atoms with Crippen LogP contribution < -0.4 is 0 Å². The first-order chi connectivity index (χ1) is 5.37.